The number of nitrogens with one attached hydrogen (secondary N) is 1. The highest BCUT2D eigenvalue weighted by molar-refractivity contribution is 7.92. The van der Waals surface area contributed by atoms with E-state index in [1.807, 2.05) is 70.2 Å². The zero-order valence-electron chi connectivity index (χ0n) is 23.3. The number of unbranched alkanes of at least 4 members (excludes halogenated alkanes) is 1. The number of nitrogens with zero attached hydrogens (tertiary/aromatic N) is 2. The van der Waals surface area contributed by atoms with Gasteiger partial charge in [0, 0.05) is 13.1 Å². The Morgan fingerprint density at radius 1 is 0.846 bits per heavy atom. The summed E-state index contributed by atoms with van der Waals surface area (Å²) in [6.45, 7) is 7.97. The van der Waals surface area contributed by atoms with Gasteiger partial charge in [0.25, 0.3) is 10.0 Å². The molecule has 0 spiro atoms. The number of carbonyl (C=O) groups excluding carboxylic acids is 2. The second-order valence-electron chi connectivity index (χ2n) is 9.74. The van der Waals surface area contributed by atoms with Crippen LogP contribution in [-0.4, -0.2) is 44.3 Å². The number of rotatable bonds is 13. The van der Waals surface area contributed by atoms with E-state index in [1.165, 1.54) is 4.90 Å². The van der Waals surface area contributed by atoms with E-state index < -0.39 is 28.5 Å². The number of amides is 2. The highest BCUT2D eigenvalue weighted by Crippen LogP contribution is 2.25. The minimum Gasteiger partial charge on any atom is -0.354 e. The topological polar surface area (TPSA) is 86.8 Å². The molecule has 7 nitrogen and oxygen atoms in total. The zero-order valence-corrected chi connectivity index (χ0v) is 24.1. The van der Waals surface area contributed by atoms with E-state index in [2.05, 4.69) is 5.32 Å². The molecule has 1 atom stereocenters. The molecule has 0 saturated carbocycles. The van der Waals surface area contributed by atoms with Gasteiger partial charge in [-0.1, -0.05) is 86.0 Å². The van der Waals surface area contributed by atoms with E-state index in [0.717, 1.165) is 33.8 Å². The Morgan fingerprint density at radius 2 is 1.44 bits per heavy atom. The average Bonchev–Trinajstić information content (AvgIpc) is 2.93. The van der Waals surface area contributed by atoms with Gasteiger partial charge in [-0.15, -0.1) is 0 Å². The minimum atomic E-state index is -4.07. The van der Waals surface area contributed by atoms with E-state index in [1.54, 1.807) is 36.4 Å². The molecule has 0 radical (unpaired) electrons. The maximum Gasteiger partial charge on any atom is 0.264 e. The minimum absolute atomic E-state index is 0.0976. The molecule has 0 aromatic heterocycles. The van der Waals surface area contributed by atoms with Crippen molar-refractivity contribution in [1.29, 1.82) is 0 Å². The van der Waals surface area contributed by atoms with Gasteiger partial charge in [0.2, 0.25) is 11.8 Å². The van der Waals surface area contributed by atoms with Gasteiger partial charge in [-0.3, -0.25) is 13.9 Å². The second-order valence-corrected chi connectivity index (χ2v) is 11.6. The normalized spacial score (nSPS) is 12.0. The molecule has 0 saturated heterocycles. The first-order chi connectivity index (χ1) is 18.7. The van der Waals surface area contributed by atoms with Crippen molar-refractivity contribution in [1.82, 2.24) is 10.2 Å². The van der Waals surface area contributed by atoms with Crippen LogP contribution in [0.25, 0.3) is 0 Å². The Bertz CT molecular complexity index is 1320. The van der Waals surface area contributed by atoms with E-state index in [-0.39, 0.29) is 17.3 Å². The summed E-state index contributed by atoms with van der Waals surface area (Å²) < 4.78 is 28.9. The SMILES string of the molecule is CCCCNC(=O)[C@H](CC)N(Cc1ccccc1)C(=O)CN(c1ccc(C)cc1)S(=O)(=O)c1ccc(C)cc1. The third-order valence-electron chi connectivity index (χ3n) is 6.62. The van der Waals surface area contributed by atoms with E-state index in [9.17, 15) is 18.0 Å². The predicted molar refractivity (Wildman–Crippen MR) is 156 cm³/mol. The summed E-state index contributed by atoms with van der Waals surface area (Å²) in [5.41, 5.74) is 3.14. The van der Waals surface area contributed by atoms with Crippen molar-refractivity contribution >= 4 is 27.5 Å². The molecule has 0 aliphatic carbocycles. The first kappa shape index (κ1) is 29.9. The first-order valence-electron chi connectivity index (χ1n) is 13.4. The van der Waals surface area contributed by atoms with Gasteiger partial charge in [0.1, 0.15) is 12.6 Å². The highest BCUT2D eigenvalue weighted by atomic mass is 32.2. The average molecular weight is 550 g/mol. The Balaban J connectivity index is 2.01. The van der Waals surface area contributed by atoms with Crippen LogP contribution in [-0.2, 0) is 26.2 Å². The van der Waals surface area contributed by atoms with E-state index in [0.29, 0.717) is 18.7 Å². The first-order valence-corrected chi connectivity index (χ1v) is 14.9. The van der Waals surface area contributed by atoms with Crippen LogP contribution in [0.1, 0.15) is 49.8 Å². The van der Waals surface area contributed by atoms with Crippen molar-refractivity contribution in [2.75, 3.05) is 17.4 Å². The van der Waals surface area contributed by atoms with Crippen LogP contribution in [0.2, 0.25) is 0 Å². The lowest BCUT2D eigenvalue weighted by atomic mass is 10.1. The lowest BCUT2D eigenvalue weighted by molar-refractivity contribution is -0.140. The Labute approximate surface area is 232 Å². The summed E-state index contributed by atoms with van der Waals surface area (Å²) in [5, 5.41) is 2.94. The third-order valence-corrected chi connectivity index (χ3v) is 8.41. The van der Waals surface area contributed by atoms with Crippen molar-refractivity contribution in [3.8, 4) is 0 Å². The number of hydrogen-bond acceptors (Lipinski definition) is 4. The number of benzene rings is 3. The molecule has 3 aromatic rings. The number of sulfonamides is 1. The number of aryl methyl sites for hydroxylation is 2. The predicted octanol–water partition coefficient (Wildman–Crippen LogP) is 5.22. The Hall–Kier alpha value is -3.65. The summed E-state index contributed by atoms with van der Waals surface area (Å²) in [6.07, 6.45) is 2.17. The molecule has 1 N–H and O–H groups in total. The molecule has 208 valence electrons. The molecule has 0 unspecified atom stereocenters. The lowest BCUT2D eigenvalue weighted by Crippen LogP contribution is -2.52. The molecule has 39 heavy (non-hydrogen) atoms. The van der Waals surface area contributed by atoms with Crippen LogP contribution in [0.3, 0.4) is 0 Å². The number of anilines is 1. The van der Waals surface area contributed by atoms with Gasteiger partial charge >= 0.3 is 0 Å². The van der Waals surface area contributed by atoms with Crippen LogP contribution in [0.4, 0.5) is 5.69 Å². The molecular formula is C31H39N3O4S. The lowest BCUT2D eigenvalue weighted by Gasteiger charge is -2.33. The number of carbonyl (C=O) groups is 2. The molecule has 8 heteroatoms. The molecule has 0 heterocycles. The van der Waals surface area contributed by atoms with Crippen molar-refractivity contribution in [2.45, 2.75) is 64.4 Å². The van der Waals surface area contributed by atoms with Gasteiger partial charge in [0.15, 0.2) is 0 Å². The number of hydrogen-bond donors (Lipinski definition) is 1. The molecule has 3 aromatic carbocycles. The molecule has 0 aliphatic heterocycles. The maximum atomic E-state index is 14.0. The summed E-state index contributed by atoms with van der Waals surface area (Å²) in [7, 11) is -4.07. The second kappa shape index (κ2) is 13.9. The van der Waals surface area contributed by atoms with E-state index >= 15 is 0 Å². The molecule has 2 amide bonds. The standard InChI is InChI=1S/C31H39N3O4S/c1-5-7-21-32-31(36)29(6-2)33(22-26-11-9-8-10-12-26)30(35)23-34(27-17-13-24(3)14-18-27)39(37,38)28-19-15-25(4)16-20-28/h8-20,29H,5-7,21-23H2,1-4H3,(H,32,36)/t29-/m0/s1. The van der Waals surface area contributed by atoms with Crippen LogP contribution in [0, 0.1) is 13.8 Å². The van der Waals surface area contributed by atoms with Gasteiger partial charge in [-0.2, -0.15) is 0 Å². The molecule has 0 aliphatic rings. The quantitative estimate of drug-likeness (QED) is 0.296. The molecule has 0 bridgehead atoms. The van der Waals surface area contributed by atoms with Gasteiger partial charge in [-0.05, 0) is 56.5 Å². The van der Waals surface area contributed by atoms with Crippen molar-refractivity contribution in [2.24, 2.45) is 0 Å². The van der Waals surface area contributed by atoms with Crippen molar-refractivity contribution in [3.05, 3.63) is 95.6 Å². The maximum absolute atomic E-state index is 14.0. The molecular weight excluding hydrogens is 510 g/mol. The van der Waals surface area contributed by atoms with Crippen LogP contribution in [0.15, 0.2) is 83.8 Å². The van der Waals surface area contributed by atoms with E-state index in [4.69, 9.17) is 0 Å². The summed E-state index contributed by atoms with van der Waals surface area (Å²) in [5.74, 6) is -0.689. The fraction of sp³-hybridized carbons (Fsp3) is 0.355. The molecule has 3 rings (SSSR count). The largest absolute Gasteiger partial charge is 0.354 e. The summed E-state index contributed by atoms with van der Waals surface area (Å²) >= 11 is 0. The van der Waals surface area contributed by atoms with Gasteiger partial charge < -0.3 is 10.2 Å². The zero-order chi connectivity index (χ0) is 28.4. The summed E-state index contributed by atoms with van der Waals surface area (Å²) in [4.78, 5) is 28.8. The fourth-order valence-electron chi connectivity index (χ4n) is 4.28. The smallest absolute Gasteiger partial charge is 0.264 e. The Morgan fingerprint density at radius 3 is 2.00 bits per heavy atom. The van der Waals surface area contributed by atoms with Crippen LogP contribution >= 0.6 is 0 Å². The fourth-order valence-corrected chi connectivity index (χ4v) is 5.70. The monoisotopic (exact) mass is 549 g/mol. The third kappa shape index (κ3) is 7.93. The molecule has 0 fully saturated rings. The Kier molecular flexibility index (Phi) is 10.7. The summed E-state index contributed by atoms with van der Waals surface area (Å²) in [6, 6.07) is 22.3. The van der Waals surface area contributed by atoms with Gasteiger partial charge in [-0.25, -0.2) is 8.42 Å². The van der Waals surface area contributed by atoms with Crippen LogP contribution in [0.5, 0.6) is 0 Å². The van der Waals surface area contributed by atoms with Gasteiger partial charge in [0.05, 0.1) is 10.6 Å². The van der Waals surface area contributed by atoms with Crippen molar-refractivity contribution < 1.29 is 18.0 Å². The van der Waals surface area contributed by atoms with Crippen LogP contribution < -0.4 is 9.62 Å². The highest BCUT2D eigenvalue weighted by Gasteiger charge is 2.33. The van der Waals surface area contributed by atoms with Crippen molar-refractivity contribution in [3.63, 3.8) is 0 Å².